The Morgan fingerprint density at radius 1 is 1.20 bits per heavy atom. The van der Waals surface area contributed by atoms with E-state index in [1.54, 1.807) is 0 Å². The first-order valence-electron chi connectivity index (χ1n) is 7.02. The summed E-state index contributed by atoms with van der Waals surface area (Å²) in [6.07, 6.45) is 2.13. The molecule has 3 rings (SSSR count). The molecule has 0 radical (unpaired) electrons. The summed E-state index contributed by atoms with van der Waals surface area (Å²) in [5.74, 6) is 0. The third kappa shape index (κ3) is 2.23. The van der Waals surface area contributed by atoms with Crippen molar-refractivity contribution in [3.8, 4) is 0 Å². The quantitative estimate of drug-likeness (QED) is 0.791. The number of aryl methyl sites for hydroxylation is 2. The van der Waals surface area contributed by atoms with Crippen LogP contribution in [0.3, 0.4) is 0 Å². The van der Waals surface area contributed by atoms with Gasteiger partial charge in [-0.15, -0.1) is 0 Å². The Bertz CT molecular complexity index is 736. The largest absolute Gasteiger partial charge is 0.341 e. The van der Waals surface area contributed by atoms with Crippen LogP contribution in [-0.4, -0.2) is 14.3 Å². The van der Waals surface area contributed by atoms with Crippen LogP contribution in [0.15, 0.2) is 36.5 Å². The van der Waals surface area contributed by atoms with E-state index >= 15 is 0 Å². The van der Waals surface area contributed by atoms with Gasteiger partial charge in [0.15, 0.2) is 0 Å². The molecule has 2 aromatic heterocycles. The number of fused-ring (bicyclic) bond motifs is 1. The topological polar surface area (TPSA) is 48.8 Å². The van der Waals surface area contributed by atoms with Gasteiger partial charge in [0.2, 0.25) is 0 Å². The summed E-state index contributed by atoms with van der Waals surface area (Å²) in [6.45, 7) is 6.50. The molecule has 0 aliphatic heterocycles. The van der Waals surface area contributed by atoms with Gasteiger partial charge >= 0.3 is 0 Å². The minimum atomic E-state index is 0.586. The average Bonchev–Trinajstić information content (AvgIpc) is 3.02. The van der Waals surface area contributed by atoms with Crippen LogP contribution >= 0.6 is 0 Å². The Hall–Kier alpha value is -2.07. The molecule has 0 atom stereocenters. The first-order chi connectivity index (χ1) is 9.71. The lowest BCUT2D eigenvalue weighted by Crippen LogP contribution is -2.07. The second-order valence-electron chi connectivity index (χ2n) is 5.13. The van der Waals surface area contributed by atoms with Crippen LogP contribution < -0.4 is 5.73 Å². The molecule has 0 aliphatic rings. The third-order valence-electron chi connectivity index (χ3n) is 3.69. The molecule has 0 saturated heterocycles. The van der Waals surface area contributed by atoms with Crippen molar-refractivity contribution >= 4 is 10.9 Å². The van der Waals surface area contributed by atoms with Gasteiger partial charge in [0.05, 0.1) is 17.9 Å². The van der Waals surface area contributed by atoms with Crippen molar-refractivity contribution in [1.82, 2.24) is 14.3 Å². The highest BCUT2D eigenvalue weighted by molar-refractivity contribution is 5.81. The SMILES string of the molecule is CCn1nc(C)cc1Cn1ccc2cc(CN)ccc21. The van der Waals surface area contributed by atoms with Crippen LogP contribution in [0.5, 0.6) is 0 Å². The van der Waals surface area contributed by atoms with Gasteiger partial charge in [-0.05, 0) is 49.1 Å². The molecule has 3 aromatic rings. The van der Waals surface area contributed by atoms with Crippen molar-refractivity contribution in [3.63, 3.8) is 0 Å². The molecule has 0 aliphatic carbocycles. The van der Waals surface area contributed by atoms with E-state index in [1.165, 1.54) is 22.2 Å². The van der Waals surface area contributed by atoms with Gasteiger partial charge < -0.3 is 10.3 Å². The first kappa shape index (κ1) is 12.9. The minimum Gasteiger partial charge on any atom is -0.341 e. The molecule has 0 fully saturated rings. The number of rotatable bonds is 4. The molecule has 0 bridgehead atoms. The lowest BCUT2D eigenvalue weighted by molar-refractivity contribution is 0.602. The molecule has 4 heteroatoms. The predicted octanol–water partition coefficient (Wildman–Crippen LogP) is 2.67. The van der Waals surface area contributed by atoms with Gasteiger partial charge in [0.25, 0.3) is 0 Å². The fourth-order valence-corrected chi connectivity index (χ4v) is 2.69. The molecular formula is C16H20N4. The summed E-state index contributed by atoms with van der Waals surface area (Å²) in [7, 11) is 0. The average molecular weight is 268 g/mol. The summed E-state index contributed by atoms with van der Waals surface area (Å²) >= 11 is 0. The van der Waals surface area contributed by atoms with Crippen LogP contribution in [0.4, 0.5) is 0 Å². The molecule has 2 heterocycles. The maximum absolute atomic E-state index is 5.69. The fraction of sp³-hybridized carbons (Fsp3) is 0.312. The molecule has 0 amide bonds. The Balaban J connectivity index is 1.98. The number of benzene rings is 1. The van der Waals surface area contributed by atoms with E-state index in [9.17, 15) is 0 Å². The van der Waals surface area contributed by atoms with Gasteiger partial charge in [-0.2, -0.15) is 5.10 Å². The van der Waals surface area contributed by atoms with E-state index in [2.05, 4.69) is 57.8 Å². The van der Waals surface area contributed by atoms with E-state index in [-0.39, 0.29) is 0 Å². The maximum atomic E-state index is 5.69. The van der Waals surface area contributed by atoms with Crippen LogP contribution in [0.1, 0.15) is 23.9 Å². The highest BCUT2D eigenvalue weighted by atomic mass is 15.3. The van der Waals surface area contributed by atoms with Gasteiger partial charge in [-0.25, -0.2) is 0 Å². The van der Waals surface area contributed by atoms with E-state index < -0.39 is 0 Å². The standard InChI is InChI=1S/C16H20N4/c1-3-20-15(8-12(2)18-20)11-19-7-6-14-9-13(10-17)4-5-16(14)19/h4-9H,3,10-11,17H2,1-2H3. The first-order valence-corrected chi connectivity index (χ1v) is 7.02. The molecule has 20 heavy (non-hydrogen) atoms. The van der Waals surface area contributed by atoms with E-state index in [4.69, 9.17) is 5.73 Å². The summed E-state index contributed by atoms with van der Waals surface area (Å²) < 4.78 is 4.33. The molecule has 4 nitrogen and oxygen atoms in total. The van der Waals surface area contributed by atoms with Gasteiger partial charge in [0, 0.05) is 24.8 Å². The maximum Gasteiger partial charge on any atom is 0.0645 e. The molecule has 0 unspecified atom stereocenters. The Kier molecular flexibility index (Phi) is 3.32. The summed E-state index contributed by atoms with van der Waals surface area (Å²) in [5, 5.41) is 5.75. The van der Waals surface area contributed by atoms with Crippen molar-refractivity contribution in [3.05, 3.63) is 53.5 Å². The lowest BCUT2D eigenvalue weighted by atomic mass is 10.1. The smallest absolute Gasteiger partial charge is 0.0645 e. The fourth-order valence-electron chi connectivity index (χ4n) is 2.69. The van der Waals surface area contributed by atoms with Crippen molar-refractivity contribution in [2.75, 3.05) is 0 Å². The highest BCUT2D eigenvalue weighted by Gasteiger charge is 2.07. The van der Waals surface area contributed by atoms with Gasteiger partial charge in [0.1, 0.15) is 0 Å². The molecule has 0 spiro atoms. The monoisotopic (exact) mass is 268 g/mol. The third-order valence-corrected chi connectivity index (χ3v) is 3.69. The van der Waals surface area contributed by atoms with Crippen molar-refractivity contribution in [1.29, 1.82) is 0 Å². The zero-order valence-electron chi connectivity index (χ0n) is 12.0. The summed E-state index contributed by atoms with van der Waals surface area (Å²) in [6, 6.07) is 10.7. The second kappa shape index (κ2) is 5.13. The molecular weight excluding hydrogens is 248 g/mol. The number of hydrogen-bond donors (Lipinski definition) is 1. The molecule has 2 N–H and O–H groups in total. The zero-order chi connectivity index (χ0) is 14.1. The Morgan fingerprint density at radius 3 is 2.80 bits per heavy atom. The molecule has 104 valence electrons. The summed E-state index contributed by atoms with van der Waals surface area (Å²) in [4.78, 5) is 0. The minimum absolute atomic E-state index is 0.586. The van der Waals surface area contributed by atoms with Crippen LogP contribution in [0.25, 0.3) is 10.9 Å². The Labute approximate surface area is 118 Å². The van der Waals surface area contributed by atoms with Crippen molar-refractivity contribution in [2.45, 2.75) is 33.5 Å². The number of nitrogens with two attached hydrogens (primary N) is 1. The van der Waals surface area contributed by atoms with Crippen molar-refractivity contribution < 1.29 is 0 Å². The molecule has 1 aromatic carbocycles. The Morgan fingerprint density at radius 2 is 2.05 bits per heavy atom. The van der Waals surface area contributed by atoms with Crippen LogP contribution in [0.2, 0.25) is 0 Å². The van der Waals surface area contributed by atoms with E-state index in [1.807, 2.05) is 6.92 Å². The van der Waals surface area contributed by atoms with Gasteiger partial charge in [-0.1, -0.05) is 6.07 Å². The van der Waals surface area contributed by atoms with Crippen LogP contribution in [-0.2, 0) is 19.6 Å². The zero-order valence-corrected chi connectivity index (χ0v) is 12.0. The van der Waals surface area contributed by atoms with Gasteiger partial charge in [-0.3, -0.25) is 4.68 Å². The lowest BCUT2D eigenvalue weighted by Gasteiger charge is -2.08. The van der Waals surface area contributed by atoms with E-state index in [0.29, 0.717) is 6.54 Å². The normalized spacial score (nSPS) is 11.3. The van der Waals surface area contributed by atoms with Crippen LogP contribution in [0, 0.1) is 6.92 Å². The number of hydrogen-bond acceptors (Lipinski definition) is 2. The van der Waals surface area contributed by atoms with Crippen molar-refractivity contribution in [2.24, 2.45) is 5.73 Å². The summed E-state index contributed by atoms with van der Waals surface area (Å²) in [5.41, 5.74) is 10.4. The highest BCUT2D eigenvalue weighted by Crippen LogP contribution is 2.19. The molecule has 0 saturated carbocycles. The predicted molar refractivity (Wildman–Crippen MR) is 81.6 cm³/mol. The number of nitrogens with zero attached hydrogens (tertiary/aromatic N) is 3. The second-order valence-corrected chi connectivity index (χ2v) is 5.13. The van der Waals surface area contributed by atoms with E-state index in [0.717, 1.165) is 18.8 Å². The number of aromatic nitrogens is 3.